The van der Waals surface area contributed by atoms with E-state index in [1.165, 1.54) is 17.8 Å². The van der Waals surface area contributed by atoms with Crippen LogP contribution in [0.15, 0.2) is 40.1 Å². The predicted octanol–water partition coefficient (Wildman–Crippen LogP) is 0.162. The number of amides is 1. The molecule has 28 heavy (non-hydrogen) atoms. The van der Waals surface area contributed by atoms with E-state index in [1.54, 1.807) is 11.9 Å². The van der Waals surface area contributed by atoms with Gasteiger partial charge in [-0.2, -0.15) is 0 Å². The van der Waals surface area contributed by atoms with Crippen LogP contribution in [0.1, 0.15) is 17.5 Å². The second-order valence-corrected chi connectivity index (χ2v) is 7.18. The lowest BCUT2D eigenvalue weighted by Crippen LogP contribution is -2.46. The van der Waals surface area contributed by atoms with Crippen LogP contribution in [0.2, 0.25) is 0 Å². The van der Waals surface area contributed by atoms with Crippen molar-refractivity contribution in [2.24, 2.45) is 14.1 Å². The van der Waals surface area contributed by atoms with Gasteiger partial charge in [-0.3, -0.25) is 14.2 Å². The Morgan fingerprint density at radius 3 is 2.61 bits per heavy atom. The van der Waals surface area contributed by atoms with E-state index < -0.39 is 5.69 Å². The quantitative estimate of drug-likeness (QED) is 0.765. The molecule has 1 aromatic heterocycles. The zero-order chi connectivity index (χ0) is 20.3. The van der Waals surface area contributed by atoms with Crippen molar-refractivity contribution in [1.82, 2.24) is 19.4 Å². The largest absolute Gasteiger partial charge is 0.484 e. The smallest absolute Gasteiger partial charge is 0.330 e. The molecule has 1 aromatic carbocycles. The monoisotopic (exact) mass is 386 g/mol. The van der Waals surface area contributed by atoms with Crippen LogP contribution in [0, 0.1) is 6.92 Å². The van der Waals surface area contributed by atoms with Crippen molar-refractivity contribution in [2.45, 2.75) is 25.9 Å². The molecule has 0 saturated carbocycles. The van der Waals surface area contributed by atoms with Crippen molar-refractivity contribution in [3.8, 4) is 5.75 Å². The molecular weight excluding hydrogens is 360 g/mol. The molecular formula is C20H26N4O4. The average molecular weight is 386 g/mol. The molecule has 150 valence electrons. The number of nitrogens with one attached hydrogen (secondary N) is 1. The van der Waals surface area contributed by atoms with Gasteiger partial charge in [-0.15, -0.1) is 0 Å². The summed E-state index contributed by atoms with van der Waals surface area (Å²) in [6.07, 6.45) is 2.32. The van der Waals surface area contributed by atoms with Gasteiger partial charge in [-0.25, -0.2) is 4.79 Å². The standard InChI is InChI=1S/C20H26N4O4/c1-14-4-6-17(7-5-14)28-13-18(25)24(16-8-9-21-10-16)12-15-11-22(2)20(27)23(3)19(15)26/h4-7,11,16,21H,8-10,12-13H2,1-3H3. The van der Waals surface area contributed by atoms with Gasteiger partial charge in [0.05, 0.1) is 12.1 Å². The Kier molecular flexibility index (Phi) is 5.99. The Labute approximate surface area is 163 Å². The second-order valence-electron chi connectivity index (χ2n) is 7.18. The van der Waals surface area contributed by atoms with Crippen LogP contribution in [0.25, 0.3) is 0 Å². The van der Waals surface area contributed by atoms with E-state index in [9.17, 15) is 14.4 Å². The fourth-order valence-corrected chi connectivity index (χ4v) is 3.36. The number of hydrogen-bond donors (Lipinski definition) is 1. The summed E-state index contributed by atoms with van der Waals surface area (Å²) in [5, 5.41) is 3.25. The molecule has 0 bridgehead atoms. The highest BCUT2D eigenvalue weighted by Gasteiger charge is 2.28. The Morgan fingerprint density at radius 1 is 1.25 bits per heavy atom. The first kappa shape index (κ1) is 19.9. The van der Waals surface area contributed by atoms with Crippen LogP contribution in [-0.2, 0) is 25.4 Å². The maximum atomic E-state index is 12.9. The fourth-order valence-electron chi connectivity index (χ4n) is 3.36. The summed E-state index contributed by atoms with van der Waals surface area (Å²) >= 11 is 0. The number of carbonyl (C=O) groups is 1. The number of carbonyl (C=O) groups excluding carboxylic acids is 1. The van der Waals surface area contributed by atoms with Gasteiger partial charge in [0.25, 0.3) is 11.5 Å². The van der Waals surface area contributed by atoms with Gasteiger partial charge in [0.1, 0.15) is 5.75 Å². The van der Waals surface area contributed by atoms with Gasteiger partial charge >= 0.3 is 5.69 Å². The number of benzene rings is 1. The van der Waals surface area contributed by atoms with Crippen LogP contribution in [-0.4, -0.2) is 45.7 Å². The van der Waals surface area contributed by atoms with Crippen molar-refractivity contribution >= 4 is 5.91 Å². The van der Waals surface area contributed by atoms with Gasteiger partial charge < -0.3 is 19.5 Å². The van der Waals surface area contributed by atoms with E-state index >= 15 is 0 Å². The maximum absolute atomic E-state index is 12.9. The van der Waals surface area contributed by atoms with Crippen LogP contribution in [0.4, 0.5) is 0 Å². The Bertz CT molecular complexity index is 956. The molecule has 1 unspecified atom stereocenters. The first-order valence-corrected chi connectivity index (χ1v) is 9.32. The van der Waals surface area contributed by atoms with Crippen LogP contribution in [0.5, 0.6) is 5.75 Å². The number of ether oxygens (including phenoxy) is 1. The first-order chi connectivity index (χ1) is 13.4. The molecule has 1 amide bonds. The first-order valence-electron chi connectivity index (χ1n) is 9.32. The molecule has 1 atom stereocenters. The highest BCUT2D eigenvalue weighted by molar-refractivity contribution is 5.78. The minimum absolute atomic E-state index is 0.0175. The van der Waals surface area contributed by atoms with Crippen molar-refractivity contribution in [1.29, 1.82) is 0 Å². The van der Waals surface area contributed by atoms with Gasteiger partial charge in [-0.1, -0.05) is 17.7 Å². The zero-order valence-corrected chi connectivity index (χ0v) is 16.5. The lowest BCUT2D eigenvalue weighted by atomic mass is 10.2. The number of aromatic nitrogens is 2. The summed E-state index contributed by atoms with van der Waals surface area (Å²) in [7, 11) is 3.03. The van der Waals surface area contributed by atoms with Gasteiger partial charge in [0, 0.05) is 32.9 Å². The summed E-state index contributed by atoms with van der Waals surface area (Å²) < 4.78 is 8.07. The Balaban J connectivity index is 1.79. The van der Waals surface area contributed by atoms with Crippen molar-refractivity contribution < 1.29 is 9.53 Å². The highest BCUT2D eigenvalue weighted by atomic mass is 16.5. The zero-order valence-electron chi connectivity index (χ0n) is 16.5. The van der Waals surface area contributed by atoms with Crippen LogP contribution in [0.3, 0.4) is 0 Å². The molecule has 1 aliphatic heterocycles. The molecule has 2 aromatic rings. The lowest BCUT2D eigenvalue weighted by Gasteiger charge is -2.28. The summed E-state index contributed by atoms with van der Waals surface area (Å²) in [6, 6.07) is 7.48. The molecule has 8 heteroatoms. The van der Waals surface area contributed by atoms with Gasteiger partial charge in [-0.05, 0) is 32.0 Å². The normalized spacial score (nSPS) is 16.2. The van der Waals surface area contributed by atoms with E-state index in [1.807, 2.05) is 31.2 Å². The van der Waals surface area contributed by atoms with Crippen molar-refractivity contribution in [2.75, 3.05) is 19.7 Å². The van der Waals surface area contributed by atoms with Crippen molar-refractivity contribution in [3.05, 3.63) is 62.4 Å². The topological polar surface area (TPSA) is 85.6 Å². The van der Waals surface area contributed by atoms with E-state index in [2.05, 4.69) is 5.32 Å². The van der Waals surface area contributed by atoms with Crippen LogP contribution >= 0.6 is 0 Å². The SMILES string of the molecule is Cc1ccc(OCC(=O)N(Cc2cn(C)c(=O)n(C)c2=O)C2CCNC2)cc1. The van der Waals surface area contributed by atoms with E-state index in [4.69, 9.17) is 4.74 Å². The van der Waals surface area contributed by atoms with Crippen molar-refractivity contribution in [3.63, 3.8) is 0 Å². The summed E-state index contributed by atoms with van der Waals surface area (Å²) in [4.78, 5) is 39.0. The molecule has 1 fully saturated rings. The van der Waals surface area contributed by atoms with E-state index in [0.717, 1.165) is 23.1 Å². The summed E-state index contributed by atoms with van der Waals surface area (Å²) in [5.41, 5.74) is 0.742. The third-order valence-corrected chi connectivity index (χ3v) is 5.04. The molecule has 3 rings (SSSR count). The highest BCUT2D eigenvalue weighted by Crippen LogP contribution is 2.15. The van der Waals surface area contributed by atoms with Crippen LogP contribution < -0.4 is 21.3 Å². The molecule has 1 aliphatic rings. The maximum Gasteiger partial charge on any atom is 0.330 e. The molecule has 1 saturated heterocycles. The third kappa shape index (κ3) is 4.33. The summed E-state index contributed by atoms with van der Waals surface area (Å²) in [6.45, 7) is 3.51. The molecule has 1 N–H and O–H groups in total. The lowest BCUT2D eigenvalue weighted by molar-refractivity contribution is -0.136. The minimum atomic E-state index is -0.392. The molecule has 2 heterocycles. The molecule has 0 aliphatic carbocycles. The Hall–Kier alpha value is -2.87. The molecule has 0 radical (unpaired) electrons. The minimum Gasteiger partial charge on any atom is -0.484 e. The third-order valence-electron chi connectivity index (χ3n) is 5.04. The summed E-state index contributed by atoms with van der Waals surface area (Å²) in [5.74, 6) is 0.437. The average Bonchev–Trinajstić information content (AvgIpc) is 3.22. The number of hydrogen-bond acceptors (Lipinski definition) is 5. The van der Waals surface area contributed by atoms with E-state index in [-0.39, 0.29) is 30.7 Å². The van der Waals surface area contributed by atoms with E-state index in [0.29, 0.717) is 17.9 Å². The predicted molar refractivity (Wildman–Crippen MR) is 105 cm³/mol. The number of aryl methyl sites for hydroxylation is 2. The molecule has 0 spiro atoms. The molecule has 8 nitrogen and oxygen atoms in total. The fraction of sp³-hybridized carbons (Fsp3) is 0.450. The number of nitrogens with zero attached hydrogens (tertiary/aromatic N) is 3. The Morgan fingerprint density at radius 2 is 1.96 bits per heavy atom. The van der Waals surface area contributed by atoms with Gasteiger partial charge in [0.2, 0.25) is 0 Å². The number of rotatable bonds is 6. The van der Waals surface area contributed by atoms with Gasteiger partial charge in [0.15, 0.2) is 6.61 Å². The second kappa shape index (κ2) is 8.43.